The lowest BCUT2D eigenvalue weighted by atomic mass is 10.2. The average Bonchev–Trinajstić information content (AvgIpc) is 3.36. The fraction of sp³-hybridized carbons (Fsp3) is 0.174. The molecule has 0 aliphatic heterocycles. The van der Waals surface area contributed by atoms with E-state index in [0.717, 1.165) is 27.2 Å². The molecule has 0 fully saturated rings. The molecule has 4 aromatic rings. The van der Waals surface area contributed by atoms with Crippen molar-refractivity contribution in [1.82, 2.24) is 9.78 Å². The normalized spacial score (nSPS) is 10.9. The third-order valence-electron chi connectivity index (χ3n) is 4.91. The molecular weight excluding hydrogens is 485 g/mol. The molecule has 7 nitrogen and oxygen atoms in total. The zero-order chi connectivity index (χ0) is 23.7. The van der Waals surface area contributed by atoms with Crippen LogP contribution in [-0.2, 0) is 9.53 Å². The lowest BCUT2D eigenvalue weighted by Gasteiger charge is -2.12. The van der Waals surface area contributed by atoms with Crippen LogP contribution >= 0.6 is 34.5 Å². The number of esters is 1. The second-order valence-electron chi connectivity index (χ2n) is 7.23. The number of carbonyl (C=O) groups excluding carboxylic acids is 2. The van der Waals surface area contributed by atoms with E-state index in [0.29, 0.717) is 26.4 Å². The van der Waals surface area contributed by atoms with E-state index in [9.17, 15) is 9.59 Å². The first-order chi connectivity index (χ1) is 15.8. The molecule has 0 radical (unpaired) electrons. The van der Waals surface area contributed by atoms with Crippen molar-refractivity contribution in [2.45, 2.75) is 13.8 Å². The summed E-state index contributed by atoms with van der Waals surface area (Å²) in [5.74, 6) is -0.669. The minimum Gasteiger partial charge on any atom is -0.495 e. The van der Waals surface area contributed by atoms with E-state index >= 15 is 0 Å². The number of thiophene rings is 1. The van der Waals surface area contributed by atoms with E-state index in [2.05, 4.69) is 10.4 Å². The van der Waals surface area contributed by atoms with Crippen LogP contribution in [0, 0.1) is 13.8 Å². The van der Waals surface area contributed by atoms with Gasteiger partial charge in [0.2, 0.25) is 0 Å². The van der Waals surface area contributed by atoms with E-state index in [4.69, 9.17) is 32.7 Å². The Morgan fingerprint density at radius 1 is 1.12 bits per heavy atom. The molecule has 0 saturated heterocycles. The lowest BCUT2D eigenvalue weighted by Crippen LogP contribution is -2.21. The topological polar surface area (TPSA) is 82.4 Å². The highest BCUT2D eigenvalue weighted by Gasteiger charge is 2.19. The second-order valence-corrected chi connectivity index (χ2v) is 9.10. The van der Waals surface area contributed by atoms with Gasteiger partial charge in [-0.05, 0) is 55.8 Å². The van der Waals surface area contributed by atoms with Crippen molar-refractivity contribution < 1.29 is 19.1 Å². The lowest BCUT2D eigenvalue weighted by molar-refractivity contribution is -0.119. The number of anilines is 1. The molecule has 0 unspecified atom stereocenters. The Balaban J connectivity index is 1.47. The SMILES string of the molecule is COc1cc(Cl)c(C)cc1NC(=O)COC(=O)c1cc2c(C)nn(-c3ccc(Cl)cc3)c2s1. The first-order valence-corrected chi connectivity index (χ1v) is 11.4. The van der Waals surface area contributed by atoms with Crippen molar-refractivity contribution in [3.8, 4) is 11.4 Å². The highest BCUT2D eigenvalue weighted by Crippen LogP contribution is 2.32. The van der Waals surface area contributed by atoms with Crippen molar-refractivity contribution in [3.63, 3.8) is 0 Å². The van der Waals surface area contributed by atoms with Crippen LogP contribution in [0.25, 0.3) is 15.9 Å². The Kier molecular flexibility index (Phi) is 6.60. The zero-order valence-corrected chi connectivity index (χ0v) is 20.3. The molecule has 0 atom stereocenters. The maximum absolute atomic E-state index is 12.6. The van der Waals surface area contributed by atoms with E-state index in [1.165, 1.54) is 18.4 Å². The number of methoxy groups -OCH3 is 1. The number of carbonyl (C=O) groups is 2. The van der Waals surface area contributed by atoms with Crippen molar-refractivity contribution in [2.24, 2.45) is 0 Å². The summed E-state index contributed by atoms with van der Waals surface area (Å²) in [4.78, 5) is 26.1. The molecule has 4 rings (SSSR count). The predicted octanol–water partition coefficient (Wildman–Crippen LogP) is 5.81. The molecule has 33 heavy (non-hydrogen) atoms. The Labute approximate surface area is 203 Å². The maximum Gasteiger partial charge on any atom is 0.348 e. The van der Waals surface area contributed by atoms with Gasteiger partial charge in [-0.1, -0.05) is 23.2 Å². The number of hydrogen-bond acceptors (Lipinski definition) is 6. The highest BCUT2D eigenvalue weighted by molar-refractivity contribution is 7.20. The van der Waals surface area contributed by atoms with Gasteiger partial charge in [0.05, 0.1) is 24.2 Å². The van der Waals surface area contributed by atoms with Gasteiger partial charge >= 0.3 is 5.97 Å². The third kappa shape index (κ3) is 4.83. The van der Waals surface area contributed by atoms with E-state index in [1.54, 1.807) is 35.0 Å². The van der Waals surface area contributed by atoms with Crippen LogP contribution in [0.5, 0.6) is 5.75 Å². The first-order valence-electron chi connectivity index (χ1n) is 9.83. The summed E-state index contributed by atoms with van der Waals surface area (Å²) in [5, 5.41) is 9.21. The summed E-state index contributed by atoms with van der Waals surface area (Å²) < 4.78 is 12.2. The van der Waals surface area contributed by atoms with E-state index in [1.807, 2.05) is 26.0 Å². The molecule has 2 aromatic carbocycles. The number of amides is 1. The van der Waals surface area contributed by atoms with Gasteiger partial charge in [-0.15, -0.1) is 11.3 Å². The molecular formula is C23H19Cl2N3O4S. The van der Waals surface area contributed by atoms with Crippen molar-refractivity contribution in [1.29, 1.82) is 0 Å². The van der Waals surface area contributed by atoms with Gasteiger partial charge in [0.25, 0.3) is 5.91 Å². The zero-order valence-electron chi connectivity index (χ0n) is 17.9. The number of aromatic nitrogens is 2. The molecule has 1 N–H and O–H groups in total. The number of fused-ring (bicyclic) bond motifs is 1. The fourth-order valence-electron chi connectivity index (χ4n) is 3.22. The summed E-state index contributed by atoms with van der Waals surface area (Å²) in [6.45, 7) is 3.23. The quantitative estimate of drug-likeness (QED) is 0.335. The van der Waals surface area contributed by atoms with Gasteiger partial charge in [-0.3, -0.25) is 4.79 Å². The Morgan fingerprint density at radius 3 is 2.55 bits per heavy atom. The number of nitrogens with zero attached hydrogens (tertiary/aromatic N) is 2. The van der Waals surface area contributed by atoms with Gasteiger partial charge in [0.1, 0.15) is 15.5 Å². The molecule has 2 heterocycles. The van der Waals surface area contributed by atoms with Gasteiger partial charge in [-0.25, -0.2) is 9.48 Å². The summed E-state index contributed by atoms with van der Waals surface area (Å²) in [5.41, 5.74) is 2.82. The van der Waals surface area contributed by atoms with Crippen molar-refractivity contribution >= 4 is 62.3 Å². The molecule has 10 heteroatoms. The summed E-state index contributed by atoms with van der Waals surface area (Å²) in [7, 11) is 1.48. The highest BCUT2D eigenvalue weighted by atomic mass is 35.5. The number of nitrogens with one attached hydrogen (secondary N) is 1. The van der Waals surface area contributed by atoms with Crippen LogP contribution in [0.3, 0.4) is 0 Å². The number of rotatable bonds is 6. The third-order valence-corrected chi connectivity index (χ3v) is 6.66. The summed E-state index contributed by atoms with van der Waals surface area (Å²) in [6, 6.07) is 12.3. The van der Waals surface area contributed by atoms with Gasteiger partial charge in [0.15, 0.2) is 6.61 Å². The Bertz CT molecular complexity index is 1360. The van der Waals surface area contributed by atoms with Crippen LogP contribution in [0.2, 0.25) is 10.0 Å². The van der Waals surface area contributed by atoms with Crippen LogP contribution in [0.1, 0.15) is 20.9 Å². The minimum absolute atomic E-state index is 0.376. The number of benzene rings is 2. The van der Waals surface area contributed by atoms with Crippen LogP contribution < -0.4 is 10.1 Å². The van der Waals surface area contributed by atoms with Crippen molar-refractivity contribution in [3.05, 3.63) is 68.6 Å². The smallest absolute Gasteiger partial charge is 0.348 e. The summed E-state index contributed by atoms with van der Waals surface area (Å²) in [6.07, 6.45) is 0. The summed E-state index contributed by atoms with van der Waals surface area (Å²) >= 11 is 13.3. The van der Waals surface area contributed by atoms with Crippen LogP contribution in [0.4, 0.5) is 5.69 Å². The number of aryl methyl sites for hydroxylation is 2. The second kappa shape index (κ2) is 9.43. The Morgan fingerprint density at radius 2 is 1.85 bits per heavy atom. The van der Waals surface area contributed by atoms with Crippen LogP contribution in [0.15, 0.2) is 42.5 Å². The number of halogens is 2. The molecule has 0 spiro atoms. The van der Waals surface area contributed by atoms with Crippen LogP contribution in [-0.4, -0.2) is 35.4 Å². The van der Waals surface area contributed by atoms with Gasteiger partial charge < -0.3 is 14.8 Å². The molecule has 0 aliphatic carbocycles. The molecule has 0 bridgehead atoms. The fourth-order valence-corrected chi connectivity index (χ4v) is 4.58. The van der Waals surface area contributed by atoms with E-state index in [-0.39, 0.29) is 0 Å². The Hall–Kier alpha value is -3.07. The predicted molar refractivity (Wildman–Crippen MR) is 130 cm³/mol. The molecule has 1 amide bonds. The molecule has 0 aliphatic rings. The molecule has 170 valence electrons. The first kappa shape index (κ1) is 23.1. The van der Waals surface area contributed by atoms with E-state index < -0.39 is 18.5 Å². The number of ether oxygens (including phenoxy) is 2. The maximum atomic E-state index is 12.6. The molecule has 0 saturated carbocycles. The van der Waals surface area contributed by atoms with Gasteiger partial charge in [0, 0.05) is 21.5 Å². The average molecular weight is 504 g/mol. The standard InChI is InChI=1S/C23H19Cl2N3O4S/c1-12-8-18(19(31-3)10-17(12)25)26-21(29)11-32-23(30)20-9-16-13(2)27-28(22(16)33-20)15-6-4-14(24)5-7-15/h4-10H,11H2,1-3H3,(H,26,29). The monoisotopic (exact) mass is 503 g/mol. The number of hydrogen-bond donors (Lipinski definition) is 1. The largest absolute Gasteiger partial charge is 0.495 e. The van der Waals surface area contributed by atoms with Crippen molar-refractivity contribution in [2.75, 3.05) is 19.0 Å². The van der Waals surface area contributed by atoms with Gasteiger partial charge in [-0.2, -0.15) is 5.10 Å². The minimum atomic E-state index is -0.590. The molecule has 2 aromatic heterocycles.